The van der Waals surface area contributed by atoms with Gasteiger partial charge in [0.1, 0.15) is 5.82 Å². The second-order valence-electron chi connectivity index (χ2n) is 4.39. The SMILES string of the molecule is COc1cc(F)c(CNCC(C)CCN)cc1F. The van der Waals surface area contributed by atoms with Crippen LogP contribution in [0.2, 0.25) is 0 Å². The summed E-state index contributed by atoms with van der Waals surface area (Å²) in [4.78, 5) is 0. The molecule has 0 saturated carbocycles. The fourth-order valence-electron chi connectivity index (χ4n) is 1.70. The molecule has 3 nitrogen and oxygen atoms in total. The van der Waals surface area contributed by atoms with E-state index in [2.05, 4.69) is 12.2 Å². The molecule has 0 aliphatic carbocycles. The number of ether oxygens (including phenoxy) is 1. The smallest absolute Gasteiger partial charge is 0.165 e. The fraction of sp³-hybridized carbons (Fsp3) is 0.538. The van der Waals surface area contributed by atoms with Crippen molar-refractivity contribution >= 4 is 0 Å². The van der Waals surface area contributed by atoms with Gasteiger partial charge in [-0.05, 0) is 31.5 Å². The Morgan fingerprint density at radius 3 is 2.67 bits per heavy atom. The summed E-state index contributed by atoms with van der Waals surface area (Å²) in [5.74, 6) is -0.674. The number of nitrogens with one attached hydrogen (secondary N) is 1. The highest BCUT2D eigenvalue weighted by Crippen LogP contribution is 2.21. The quantitative estimate of drug-likeness (QED) is 0.787. The van der Waals surface area contributed by atoms with Gasteiger partial charge in [0.15, 0.2) is 11.6 Å². The largest absolute Gasteiger partial charge is 0.494 e. The lowest BCUT2D eigenvalue weighted by Gasteiger charge is -2.12. The van der Waals surface area contributed by atoms with Crippen LogP contribution in [0.4, 0.5) is 8.78 Å². The van der Waals surface area contributed by atoms with Gasteiger partial charge in [0.05, 0.1) is 7.11 Å². The van der Waals surface area contributed by atoms with E-state index in [1.165, 1.54) is 7.11 Å². The summed E-state index contributed by atoms with van der Waals surface area (Å²) in [7, 11) is 1.31. The van der Waals surface area contributed by atoms with E-state index in [1.807, 2.05) is 0 Å². The molecule has 1 aromatic rings. The van der Waals surface area contributed by atoms with E-state index in [-0.39, 0.29) is 5.75 Å². The van der Waals surface area contributed by atoms with E-state index in [4.69, 9.17) is 10.5 Å². The van der Waals surface area contributed by atoms with Crippen LogP contribution < -0.4 is 15.8 Å². The van der Waals surface area contributed by atoms with Crippen molar-refractivity contribution in [3.8, 4) is 5.75 Å². The molecule has 0 saturated heterocycles. The van der Waals surface area contributed by atoms with Gasteiger partial charge in [-0.3, -0.25) is 0 Å². The summed E-state index contributed by atoms with van der Waals surface area (Å²) in [5.41, 5.74) is 5.74. The van der Waals surface area contributed by atoms with Crippen molar-refractivity contribution in [1.29, 1.82) is 0 Å². The van der Waals surface area contributed by atoms with Crippen LogP contribution in [-0.4, -0.2) is 20.2 Å². The molecule has 1 atom stereocenters. The molecule has 0 aliphatic heterocycles. The Morgan fingerprint density at radius 1 is 1.33 bits per heavy atom. The maximum Gasteiger partial charge on any atom is 0.165 e. The van der Waals surface area contributed by atoms with Crippen molar-refractivity contribution in [2.24, 2.45) is 11.7 Å². The zero-order chi connectivity index (χ0) is 13.5. The van der Waals surface area contributed by atoms with Gasteiger partial charge in [-0.2, -0.15) is 0 Å². The van der Waals surface area contributed by atoms with Gasteiger partial charge in [-0.15, -0.1) is 0 Å². The van der Waals surface area contributed by atoms with Crippen LogP contribution in [0.15, 0.2) is 12.1 Å². The zero-order valence-electron chi connectivity index (χ0n) is 10.8. The van der Waals surface area contributed by atoms with Crippen LogP contribution in [0.3, 0.4) is 0 Å². The molecule has 0 heterocycles. The number of halogens is 2. The Labute approximate surface area is 106 Å². The summed E-state index contributed by atoms with van der Waals surface area (Å²) in [6, 6.07) is 2.23. The molecule has 3 N–H and O–H groups in total. The minimum atomic E-state index is -0.550. The second-order valence-corrected chi connectivity index (χ2v) is 4.39. The van der Waals surface area contributed by atoms with Crippen LogP contribution in [0.25, 0.3) is 0 Å². The Kier molecular flexibility index (Phi) is 6.01. The Hall–Kier alpha value is -1.20. The lowest BCUT2D eigenvalue weighted by Crippen LogP contribution is -2.23. The van der Waals surface area contributed by atoms with Crippen LogP contribution >= 0.6 is 0 Å². The normalized spacial score (nSPS) is 12.5. The number of nitrogens with two attached hydrogens (primary N) is 1. The first-order chi connectivity index (χ1) is 8.58. The molecule has 0 radical (unpaired) electrons. The molecular formula is C13H20F2N2O. The molecule has 18 heavy (non-hydrogen) atoms. The van der Waals surface area contributed by atoms with Gasteiger partial charge >= 0.3 is 0 Å². The summed E-state index contributed by atoms with van der Waals surface area (Å²) < 4.78 is 31.7. The average molecular weight is 258 g/mol. The number of hydrogen-bond donors (Lipinski definition) is 2. The summed E-state index contributed by atoms with van der Waals surface area (Å²) >= 11 is 0. The zero-order valence-corrected chi connectivity index (χ0v) is 10.8. The summed E-state index contributed by atoms with van der Waals surface area (Å²) in [5, 5.41) is 3.09. The molecule has 0 amide bonds. The minimum absolute atomic E-state index is 0.0762. The fourth-order valence-corrected chi connectivity index (χ4v) is 1.70. The van der Waals surface area contributed by atoms with Crippen LogP contribution in [0.5, 0.6) is 5.75 Å². The average Bonchev–Trinajstić information content (AvgIpc) is 2.33. The summed E-state index contributed by atoms with van der Waals surface area (Å²) in [6.07, 6.45) is 0.909. The molecule has 0 aliphatic rings. The molecule has 1 unspecified atom stereocenters. The molecule has 0 aromatic heterocycles. The minimum Gasteiger partial charge on any atom is -0.494 e. The predicted octanol–water partition coefficient (Wildman–Crippen LogP) is 2.05. The number of benzene rings is 1. The van der Waals surface area contributed by atoms with Crippen molar-refractivity contribution in [2.45, 2.75) is 19.9 Å². The molecule has 0 bridgehead atoms. The Balaban J connectivity index is 2.55. The van der Waals surface area contributed by atoms with Crippen molar-refractivity contribution in [3.63, 3.8) is 0 Å². The third-order valence-electron chi connectivity index (χ3n) is 2.79. The molecule has 1 aromatic carbocycles. The summed E-state index contributed by atoms with van der Waals surface area (Å²) in [6.45, 7) is 3.71. The van der Waals surface area contributed by atoms with Gasteiger partial charge < -0.3 is 15.8 Å². The highest BCUT2D eigenvalue weighted by Gasteiger charge is 2.10. The van der Waals surface area contributed by atoms with E-state index >= 15 is 0 Å². The van der Waals surface area contributed by atoms with Crippen molar-refractivity contribution in [2.75, 3.05) is 20.2 Å². The van der Waals surface area contributed by atoms with Gasteiger partial charge in [0.2, 0.25) is 0 Å². The molecule has 0 spiro atoms. The van der Waals surface area contributed by atoms with E-state index in [0.717, 1.165) is 25.1 Å². The van der Waals surface area contributed by atoms with E-state index in [0.29, 0.717) is 24.6 Å². The monoisotopic (exact) mass is 258 g/mol. The standard InChI is InChI=1S/C13H20F2N2O/c1-9(3-4-16)7-17-8-10-5-12(15)13(18-2)6-11(10)14/h5-6,9,17H,3-4,7-8,16H2,1-2H3. The van der Waals surface area contributed by atoms with Crippen molar-refractivity contribution < 1.29 is 13.5 Å². The van der Waals surface area contributed by atoms with E-state index in [1.54, 1.807) is 0 Å². The van der Waals surface area contributed by atoms with Gasteiger partial charge in [-0.1, -0.05) is 6.92 Å². The maximum absolute atomic E-state index is 13.6. The Morgan fingerprint density at radius 2 is 2.06 bits per heavy atom. The molecule has 5 heteroatoms. The first kappa shape index (κ1) is 14.9. The van der Waals surface area contributed by atoms with E-state index in [9.17, 15) is 8.78 Å². The number of rotatable bonds is 7. The van der Waals surface area contributed by atoms with E-state index < -0.39 is 11.6 Å². The Bertz CT molecular complexity index is 385. The molecule has 0 fully saturated rings. The first-order valence-corrected chi connectivity index (χ1v) is 6.01. The second kappa shape index (κ2) is 7.28. The van der Waals surface area contributed by atoms with Gasteiger partial charge in [-0.25, -0.2) is 8.78 Å². The van der Waals surface area contributed by atoms with Gasteiger partial charge in [0.25, 0.3) is 0 Å². The highest BCUT2D eigenvalue weighted by molar-refractivity contribution is 5.30. The molecular weight excluding hydrogens is 238 g/mol. The lowest BCUT2D eigenvalue weighted by molar-refractivity contribution is 0.381. The first-order valence-electron chi connectivity index (χ1n) is 6.01. The number of methoxy groups -OCH3 is 1. The lowest BCUT2D eigenvalue weighted by atomic mass is 10.1. The molecule has 102 valence electrons. The highest BCUT2D eigenvalue weighted by atomic mass is 19.1. The molecule has 1 rings (SSSR count). The van der Waals surface area contributed by atoms with Crippen LogP contribution in [-0.2, 0) is 6.54 Å². The topological polar surface area (TPSA) is 47.3 Å². The van der Waals surface area contributed by atoms with Crippen LogP contribution in [0.1, 0.15) is 18.9 Å². The number of hydrogen-bond acceptors (Lipinski definition) is 3. The van der Waals surface area contributed by atoms with Gasteiger partial charge in [0, 0.05) is 18.2 Å². The predicted molar refractivity (Wildman–Crippen MR) is 67.5 cm³/mol. The third kappa shape index (κ3) is 4.23. The van der Waals surface area contributed by atoms with Crippen molar-refractivity contribution in [1.82, 2.24) is 5.32 Å². The maximum atomic E-state index is 13.6. The van der Waals surface area contributed by atoms with Crippen molar-refractivity contribution in [3.05, 3.63) is 29.3 Å². The third-order valence-corrected chi connectivity index (χ3v) is 2.79. The van der Waals surface area contributed by atoms with Crippen LogP contribution in [0, 0.1) is 17.6 Å².